The number of pyridine rings is 1. The van der Waals surface area contributed by atoms with E-state index in [0.29, 0.717) is 43.6 Å². The molecule has 3 aromatic rings. The summed E-state index contributed by atoms with van der Waals surface area (Å²) >= 11 is 0. The van der Waals surface area contributed by atoms with Crippen LogP contribution in [-0.2, 0) is 6.18 Å². The van der Waals surface area contributed by atoms with Crippen LogP contribution in [0.15, 0.2) is 54.7 Å². The highest BCUT2D eigenvalue weighted by atomic mass is 19.4. The molecule has 4 rings (SSSR count). The highest BCUT2D eigenvalue weighted by molar-refractivity contribution is 5.90. The van der Waals surface area contributed by atoms with Crippen LogP contribution in [0.3, 0.4) is 0 Å². The quantitative estimate of drug-likeness (QED) is 0.608. The molecule has 33 heavy (non-hydrogen) atoms. The third kappa shape index (κ3) is 5.48. The molecule has 11 heteroatoms. The minimum Gasteiger partial charge on any atom is -0.352 e. The number of piperazine rings is 1. The Labute approximate surface area is 188 Å². The first-order chi connectivity index (χ1) is 15.8. The summed E-state index contributed by atoms with van der Waals surface area (Å²) in [7, 11) is 0. The number of carbonyl (C=O) groups is 1. The van der Waals surface area contributed by atoms with Crippen LogP contribution in [0.1, 0.15) is 11.1 Å². The maximum Gasteiger partial charge on any atom is 0.418 e. The average molecular weight is 457 g/mol. The van der Waals surface area contributed by atoms with Crippen LogP contribution in [0.4, 0.5) is 41.1 Å². The van der Waals surface area contributed by atoms with Gasteiger partial charge in [-0.25, -0.2) is 9.78 Å². The first kappa shape index (κ1) is 22.3. The van der Waals surface area contributed by atoms with Crippen LogP contribution in [0.5, 0.6) is 0 Å². The summed E-state index contributed by atoms with van der Waals surface area (Å²) < 4.78 is 39.5. The molecule has 2 N–H and O–H groups in total. The van der Waals surface area contributed by atoms with Crippen molar-refractivity contribution in [3.8, 4) is 0 Å². The van der Waals surface area contributed by atoms with Crippen molar-refractivity contribution in [3.05, 3.63) is 65.9 Å². The Morgan fingerprint density at radius 2 is 1.67 bits per heavy atom. The molecule has 0 bridgehead atoms. The molecular weight excluding hydrogens is 435 g/mol. The lowest BCUT2D eigenvalue weighted by molar-refractivity contribution is -0.136. The number of amides is 2. The second kappa shape index (κ2) is 9.31. The summed E-state index contributed by atoms with van der Waals surface area (Å²) in [6.07, 6.45) is -2.79. The lowest BCUT2D eigenvalue weighted by atomic mass is 10.1. The van der Waals surface area contributed by atoms with E-state index < -0.39 is 17.8 Å². The fourth-order valence-corrected chi connectivity index (χ4v) is 3.41. The molecule has 3 heterocycles. The van der Waals surface area contributed by atoms with Crippen LogP contribution < -0.4 is 15.5 Å². The van der Waals surface area contributed by atoms with E-state index >= 15 is 0 Å². The van der Waals surface area contributed by atoms with Crippen molar-refractivity contribution in [3.63, 3.8) is 0 Å². The van der Waals surface area contributed by atoms with Gasteiger partial charge in [0.2, 0.25) is 0 Å². The maximum absolute atomic E-state index is 13.2. The number of nitrogens with one attached hydrogen (secondary N) is 2. The minimum absolute atomic E-state index is 0.255. The van der Waals surface area contributed by atoms with Crippen molar-refractivity contribution in [2.75, 3.05) is 41.7 Å². The molecule has 0 unspecified atom stereocenters. The number of benzene rings is 1. The molecule has 0 atom stereocenters. The summed E-state index contributed by atoms with van der Waals surface area (Å²) in [6, 6.07) is 11.8. The predicted molar refractivity (Wildman–Crippen MR) is 119 cm³/mol. The van der Waals surface area contributed by atoms with Gasteiger partial charge in [0.05, 0.1) is 11.3 Å². The molecule has 0 spiro atoms. The largest absolute Gasteiger partial charge is 0.418 e. The van der Waals surface area contributed by atoms with E-state index in [1.807, 2.05) is 30.0 Å². The third-order valence-electron chi connectivity index (χ3n) is 5.18. The number of nitrogens with zero attached hydrogens (tertiary/aromatic N) is 5. The molecule has 172 valence electrons. The molecule has 0 saturated carbocycles. The molecule has 1 aliphatic heterocycles. The summed E-state index contributed by atoms with van der Waals surface area (Å²) in [5.41, 5.74) is -0.0735. The fourth-order valence-electron chi connectivity index (χ4n) is 3.41. The van der Waals surface area contributed by atoms with Crippen molar-refractivity contribution in [2.45, 2.75) is 13.1 Å². The number of hydrogen-bond acceptors (Lipinski definition) is 6. The molecule has 0 radical (unpaired) electrons. The number of anilines is 4. The molecule has 1 fully saturated rings. The maximum atomic E-state index is 13.2. The van der Waals surface area contributed by atoms with Gasteiger partial charge >= 0.3 is 12.2 Å². The van der Waals surface area contributed by atoms with Crippen LogP contribution in [0.2, 0.25) is 0 Å². The molecule has 2 amide bonds. The SMILES string of the molecule is Cc1ccc(Nc2ccc(N3CCN(C(=O)Nc4ccccc4C(F)(F)F)CC3)nn2)nc1. The fraction of sp³-hybridized carbons (Fsp3) is 0.273. The Kier molecular flexibility index (Phi) is 6.29. The van der Waals surface area contributed by atoms with E-state index in [2.05, 4.69) is 25.8 Å². The van der Waals surface area contributed by atoms with Gasteiger partial charge < -0.3 is 20.4 Å². The first-order valence-electron chi connectivity index (χ1n) is 10.3. The Bertz CT molecular complexity index is 1100. The number of aryl methyl sites for hydroxylation is 1. The van der Waals surface area contributed by atoms with Gasteiger partial charge in [-0.1, -0.05) is 18.2 Å². The summed E-state index contributed by atoms with van der Waals surface area (Å²) in [5, 5.41) is 13.9. The van der Waals surface area contributed by atoms with Crippen LogP contribution in [0, 0.1) is 6.92 Å². The highest BCUT2D eigenvalue weighted by Crippen LogP contribution is 2.34. The Balaban J connectivity index is 1.32. The lowest BCUT2D eigenvalue weighted by Gasteiger charge is -2.35. The zero-order chi connectivity index (χ0) is 23.4. The molecule has 0 aliphatic carbocycles. The summed E-state index contributed by atoms with van der Waals surface area (Å²) in [5.74, 6) is 1.87. The molecule has 1 aromatic carbocycles. The Morgan fingerprint density at radius 3 is 2.30 bits per heavy atom. The zero-order valence-electron chi connectivity index (χ0n) is 17.8. The second-order valence-electron chi connectivity index (χ2n) is 7.57. The number of halogens is 3. The molecule has 2 aromatic heterocycles. The standard InChI is InChI=1S/C22H22F3N7O/c1-15-6-7-18(26-14-15)28-19-8-9-20(30-29-19)31-10-12-32(13-11-31)21(33)27-17-5-3-2-4-16(17)22(23,24)25/h2-9,14H,10-13H2,1H3,(H,27,33)(H,26,28,29). The van der Waals surface area contributed by atoms with E-state index in [4.69, 9.17) is 0 Å². The lowest BCUT2D eigenvalue weighted by Crippen LogP contribution is -2.50. The number of para-hydroxylation sites is 1. The van der Waals surface area contributed by atoms with Crippen LogP contribution >= 0.6 is 0 Å². The van der Waals surface area contributed by atoms with Crippen LogP contribution in [-0.4, -0.2) is 52.3 Å². The normalized spacial score (nSPS) is 14.2. The first-order valence-corrected chi connectivity index (χ1v) is 10.3. The second-order valence-corrected chi connectivity index (χ2v) is 7.57. The van der Waals surface area contributed by atoms with Gasteiger partial charge in [0.15, 0.2) is 11.6 Å². The van der Waals surface area contributed by atoms with E-state index in [0.717, 1.165) is 11.6 Å². The number of hydrogen-bond donors (Lipinski definition) is 2. The molecular formula is C22H22F3N7O. The monoisotopic (exact) mass is 457 g/mol. The minimum atomic E-state index is -4.54. The van der Waals surface area contributed by atoms with Gasteiger partial charge in [0, 0.05) is 32.4 Å². The third-order valence-corrected chi connectivity index (χ3v) is 5.18. The van der Waals surface area contributed by atoms with E-state index in [1.165, 1.54) is 23.1 Å². The van der Waals surface area contributed by atoms with Gasteiger partial charge in [0.25, 0.3) is 0 Å². The number of alkyl halides is 3. The van der Waals surface area contributed by atoms with Gasteiger partial charge in [-0.15, -0.1) is 10.2 Å². The Morgan fingerprint density at radius 1 is 0.939 bits per heavy atom. The predicted octanol–water partition coefficient (Wildman–Crippen LogP) is 4.30. The van der Waals surface area contributed by atoms with E-state index in [-0.39, 0.29) is 5.69 Å². The van der Waals surface area contributed by atoms with Crippen molar-refractivity contribution in [2.24, 2.45) is 0 Å². The van der Waals surface area contributed by atoms with E-state index in [9.17, 15) is 18.0 Å². The van der Waals surface area contributed by atoms with Crippen molar-refractivity contribution in [1.29, 1.82) is 0 Å². The average Bonchev–Trinajstić information content (AvgIpc) is 2.81. The molecule has 1 saturated heterocycles. The molecule has 8 nitrogen and oxygen atoms in total. The van der Waals surface area contributed by atoms with Crippen molar-refractivity contribution >= 4 is 29.2 Å². The van der Waals surface area contributed by atoms with Crippen molar-refractivity contribution < 1.29 is 18.0 Å². The topological polar surface area (TPSA) is 86.3 Å². The summed E-state index contributed by atoms with van der Waals surface area (Å²) in [6.45, 7) is 3.60. The Hall–Kier alpha value is -3.89. The summed E-state index contributed by atoms with van der Waals surface area (Å²) in [4.78, 5) is 20.2. The number of rotatable bonds is 4. The van der Waals surface area contributed by atoms with E-state index in [1.54, 1.807) is 12.3 Å². The number of aromatic nitrogens is 3. The van der Waals surface area contributed by atoms with Crippen LogP contribution in [0.25, 0.3) is 0 Å². The van der Waals surface area contributed by atoms with Gasteiger partial charge in [-0.3, -0.25) is 0 Å². The van der Waals surface area contributed by atoms with Gasteiger partial charge in [-0.05, 0) is 42.8 Å². The van der Waals surface area contributed by atoms with Gasteiger partial charge in [-0.2, -0.15) is 13.2 Å². The number of carbonyl (C=O) groups excluding carboxylic acids is 1. The number of urea groups is 1. The zero-order valence-corrected chi connectivity index (χ0v) is 17.8. The van der Waals surface area contributed by atoms with Gasteiger partial charge in [0.1, 0.15) is 5.82 Å². The molecule has 1 aliphatic rings. The highest BCUT2D eigenvalue weighted by Gasteiger charge is 2.34. The van der Waals surface area contributed by atoms with Crippen molar-refractivity contribution in [1.82, 2.24) is 20.1 Å². The smallest absolute Gasteiger partial charge is 0.352 e.